The predicted octanol–water partition coefficient (Wildman–Crippen LogP) is 4.90. The lowest BCUT2D eigenvalue weighted by atomic mass is 10.0. The summed E-state index contributed by atoms with van der Waals surface area (Å²) in [5.74, 6) is 1.17. The topological polar surface area (TPSA) is 29.9 Å². The van der Waals surface area contributed by atoms with Crippen LogP contribution in [0.25, 0.3) is 16.9 Å². The smallest absolute Gasteiger partial charge is 0.133 e. The number of fused-ring (bicyclic) bond motifs is 1. The van der Waals surface area contributed by atoms with Gasteiger partial charge >= 0.3 is 0 Å². The molecular formula is C21H23N3. The van der Waals surface area contributed by atoms with E-state index in [9.17, 15) is 0 Å². The zero-order chi connectivity index (χ0) is 16.5. The van der Waals surface area contributed by atoms with E-state index in [1.807, 2.05) is 0 Å². The summed E-state index contributed by atoms with van der Waals surface area (Å²) in [7, 11) is 0. The molecule has 0 atom stereocenters. The minimum atomic E-state index is 1.01. The molecule has 3 nitrogen and oxygen atoms in total. The van der Waals surface area contributed by atoms with Crippen molar-refractivity contribution in [3.8, 4) is 16.9 Å². The van der Waals surface area contributed by atoms with E-state index in [4.69, 9.17) is 5.10 Å². The first-order valence-electron chi connectivity index (χ1n) is 8.73. The summed E-state index contributed by atoms with van der Waals surface area (Å²) in [5.41, 5.74) is 7.34. The maximum atomic E-state index is 5.03. The number of anilines is 1. The molecule has 0 spiro atoms. The third kappa shape index (κ3) is 2.60. The van der Waals surface area contributed by atoms with E-state index in [1.54, 1.807) is 0 Å². The standard InChI is InChI=1S/C21H23N3/c1-15-8-7-10-17(14-15)20-18-11-5-6-13-22-21(18)24(23-20)19-12-4-3-9-16(19)2/h3-4,7-10,12,14,22H,5-6,11,13H2,1-2H3. The molecule has 3 heteroatoms. The van der Waals surface area contributed by atoms with Crippen molar-refractivity contribution in [1.29, 1.82) is 0 Å². The van der Waals surface area contributed by atoms with Gasteiger partial charge in [0.05, 0.1) is 11.4 Å². The fourth-order valence-electron chi connectivity index (χ4n) is 3.50. The van der Waals surface area contributed by atoms with Gasteiger partial charge in [0, 0.05) is 17.7 Å². The molecule has 1 aliphatic heterocycles. The van der Waals surface area contributed by atoms with Gasteiger partial charge in [0.1, 0.15) is 5.82 Å². The molecule has 0 radical (unpaired) electrons. The summed E-state index contributed by atoms with van der Waals surface area (Å²) in [5, 5.41) is 8.65. The highest BCUT2D eigenvalue weighted by molar-refractivity contribution is 5.72. The second-order valence-corrected chi connectivity index (χ2v) is 6.63. The van der Waals surface area contributed by atoms with Gasteiger partial charge in [-0.1, -0.05) is 42.0 Å². The van der Waals surface area contributed by atoms with Gasteiger partial charge in [-0.2, -0.15) is 5.10 Å². The Morgan fingerprint density at radius 3 is 2.71 bits per heavy atom. The number of hydrogen-bond acceptors (Lipinski definition) is 2. The number of benzene rings is 2. The molecule has 4 rings (SSSR count). The number of hydrogen-bond donors (Lipinski definition) is 1. The van der Waals surface area contributed by atoms with E-state index in [0.717, 1.165) is 24.3 Å². The van der Waals surface area contributed by atoms with E-state index in [2.05, 4.69) is 72.4 Å². The van der Waals surface area contributed by atoms with E-state index >= 15 is 0 Å². The molecule has 0 saturated carbocycles. The lowest BCUT2D eigenvalue weighted by Gasteiger charge is -2.11. The molecule has 0 fully saturated rings. The molecule has 0 unspecified atom stereocenters. The first kappa shape index (κ1) is 15.0. The summed E-state index contributed by atoms with van der Waals surface area (Å²) in [6.07, 6.45) is 3.49. The fourth-order valence-corrected chi connectivity index (χ4v) is 3.50. The summed E-state index contributed by atoms with van der Waals surface area (Å²) >= 11 is 0. The van der Waals surface area contributed by atoms with Crippen molar-refractivity contribution in [1.82, 2.24) is 9.78 Å². The molecule has 1 aliphatic rings. The molecule has 0 bridgehead atoms. The van der Waals surface area contributed by atoms with Gasteiger partial charge in [-0.05, 0) is 50.8 Å². The van der Waals surface area contributed by atoms with Crippen molar-refractivity contribution in [3.63, 3.8) is 0 Å². The Kier molecular flexibility index (Phi) is 3.85. The van der Waals surface area contributed by atoms with E-state index in [0.29, 0.717) is 0 Å². The fraction of sp³-hybridized carbons (Fsp3) is 0.286. The van der Waals surface area contributed by atoms with Gasteiger partial charge in [-0.25, -0.2) is 4.68 Å². The van der Waals surface area contributed by atoms with Gasteiger partial charge in [-0.3, -0.25) is 0 Å². The number of para-hydroxylation sites is 1. The Balaban J connectivity index is 1.94. The Morgan fingerprint density at radius 2 is 1.88 bits per heavy atom. The number of nitrogens with zero attached hydrogens (tertiary/aromatic N) is 2. The number of rotatable bonds is 2. The molecule has 2 heterocycles. The lowest BCUT2D eigenvalue weighted by molar-refractivity contribution is 0.779. The molecule has 122 valence electrons. The van der Waals surface area contributed by atoms with E-state index in [1.165, 1.54) is 40.9 Å². The van der Waals surface area contributed by atoms with Gasteiger partial charge in [-0.15, -0.1) is 0 Å². The molecule has 1 N–H and O–H groups in total. The van der Waals surface area contributed by atoms with Crippen molar-refractivity contribution in [3.05, 3.63) is 65.2 Å². The van der Waals surface area contributed by atoms with Crippen molar-refractivity contribution in [2.45, 2.75) is 33.1 Å². The van der Waals surface area contributed by atoms with Crippen LogP contribution in [0.3, 0.4) is 0 Å². The maximum absolute atomic E-state index is 5.03. The Bertz CT molecular complexity index is 877. The summed E-state index contributed by atoms with van der Waals surface area (Å²) in [4.78, 5) is 0. The molecule has 2 aromatic carbocycles. The minimum Gasteiger partial charge on any atom is -0.370 e. The number of aromatic nitrogens is 2. The normalized spacial score (nSPS) is 13.9. The highest BCUT2D eigenvalue weighted by atomic mass is 15.3. The molecular weight excluding hydrogens is 294 g/mol. The second-order valence-electron chi connectivity index (χ2n) is 6.63. The van der Waals surface area contributed by atoms with Crippen LogP contribution in [-0.2, 0) is 6.42 Å². The molecule has 0 saturated heterocycles. The average Bonchev–Trinajstić information content (AvgIpc) is 2.77. The highest BCUT2D eigenvalue weighted by Crippen LogP contribution is 2.34. The molecule has 24 heavy (non-hydrogen) atoms. The van der Waals surface area contributed by atoms with Crippen LogP contribution >= 0.6 is 0 Å². The van der Waals surface area contributed by atoms with E-state index < -0.39 is 0 Å². The Morgan fingerprint density at radius 1 is 1.00 bits per heavy atom. The maximum Gasteiger partial charge on any atom is 0.133 e. The zero-order valence-electron chi connectivity index (χ0n) is 14.3. The quantitative estimate of drug-likeness (QED) is 0.728. The second kappa shape index (κ2) is 6.16. The van der Waals surface area contributed by atoms with Crippen molar-refractivity contribution < 1.29 is 0 Å². The lowest BCUT2D eigenvalue weighted by Crippen LogP contribution is -2.08. The first-order chi connectivity index (χ1) is 11.7. The van der Waals surface area contributed by atoms with Crippen molar-refractivity contribution in [2.24, 2.45) is 0 Å². The van der Waals surface area contributed by atoms with Crippen LogP contribution in [0.2, 0.25) is 0 Å². The summed E-state index contributed by atoms with van der Waals surface area (Å²) < 4.78 is 2.10. The third-order valence-corrected chi connectivity index (χ3v) is 4.76. The molecule has 1 aromatic heterocycles. The largest absolute Gasteiger partial charge is 0.370 e. The zero-order valence-corrected chi connectivity index (χ0v) is 14.3. The van der Waals surface area contributed by atoms with Gasteiger partial charge in [0.15, 0.2) is 0 Å². The van der Waals surface area contributed by atoms with Gasteiger partial charge in [0.2, 0.25) is 0 Å². The van der Waals surface area contributed by atoms with Crippen LogP contribution in [0.1, 0.15) is 29.5 Å². The molecule has 0 aliphatic carbocycles. The third-order valence-electron chi connectivity index (χ3n) is 4.76. The van der Waals surface area contributed by atoms with Gasteiger partial charge in [0.25, 0.3) is 0 Å². The van der Waals surface area contributed by atoms with Crippen LogP contribution in [0, 0.1) is 13.8 Å². The van der Waals surface area contributed by atoms with Crippen molar-refractivity contribution >= 4 is 5.82 Å². The van der Waals surface area contributed by atoms with Gasteiger partial charge < -0.3 is 5.32 Å². The van der Waals surface area contributed by atoms with Crippen LogP contribution in [-0.4, -0.2) is 16.3 Å². The Labute approximate surface area is 143 Å². The van der Waals surface area contributed by atoms with E-state index in [-0.39, 0.29) is 0 Å². The molecule has 3 aromatic rings. The van der Waals surface area contributed by atoms with Crippen LogP contribution < -0.4 is 5.32 Å². The summed E-state index contributed by atoms with van der Waals surface area (Å²) in [6, 6.07) is 17.1. The first-order valence-corrected chi connectivity index (χ1v) is 8.73. The number of nitrogens with one attached hydrogen (secondary N) is 1. The monoisotopic (exact) mass is 317 g/mol. The molecule has 0 amide bonds. The minimum absolute atomic E-state index is 1.01. The van der Waals surface area contributed by atoms with Crippen LogP contribution in [0.5, 0.6) is 0 Å². The average molecular weight is 317 g/mol. The summed E-state index contributed by atoms with van der Waals surface area (Å²) in [6.45, 7) is 5.29. The van der Waals surface area contributed by atoms with Crippen LogP contribution in [0.15, 0.2) is 48.5 Å². The highest BCUT2D eigenvalue weighted by Gasteiger charge is 2.22. The SMILES string of the molecule is Cc1cccc(-c2nn(-c3ccccc3C)c3c2CCCCN3)c1. The van der Waals surface area contributed by atoms with Crippen molar-refractivity contribution in [2.75, 3.05) is 11.9 Å². The number of aryl methyl sites for hydroxylation is 2. The van der Waals surface area contributed by atoms with Crippen LogP contribution in [0.4, 0.5) is 5.82 Å². The Hall–Kier alpha value is -2.55. The predicted molar refractivity (Wildman–Crippen MR) is 99.9 cm³/mol.